The van der Waals surface area contributed by atoms with Crippen LogP contribution in [-0.2, 0) is 17.8 Å². The van der Waals surface area contributed by atoms with Gasteiger partial charge in [0, 0.05) is 44.0 Å². The van der Waals surface area contributed by atoms with Crippen molar-refractivity contribution in [3.63, 3.8) is 0 Å². The Kier molecular flexibility index (Phi) is 4.21. The predicted molar refractivity (Wildman–Crippen MR) is 93.1 cm³/mol. The van der Waals surface area contributed by atoms with Gasteiger partial charge in [0.1, 0.15) is 18.2 Å². The van der Waals surface area contributed by atoms with Crippen LogP contribution in [0.5, 0.6) is 0 Å². The van der Waals surface area contributed by atoms with Gasteiger partial charge in [0.15, 0.2) is 5.65 Å². The summed E-state index contributed by atoms with van der Waals surface area (Å²) in [6.07, 6.45) is 8.48. The maximum Gasteiger partial charge on any atom is 0.242 e. The first-order chi connectivity index (χ1) is 12.3. The summed E-state index contributed by atoms with van der Waals surface area (Å²) in [5.74, 6) is 2.27. The van der Waals surface area contributed by atoms with E-state index in [4.69, 9.17) is 0 Å². The fourth-order valence-corrected chi connectivity index (χ4v) is 3.60. The maximum absolute atomic E-state index is 12.7. The number of carbonyl (C=O) groups excluding carboxylic acids is 1. The van der Waals surface area contributed by atoms with Crippen molar-refractivity contribution in [2.45, 2.75) is 38.6 Å². The SMILES string of the molecule is CCc1nccn1CC(=O)N1CCC[C@@H](c2nnc3ccccn23)C1. The van der Waals surface area contributed by atoms with E-state index in [0.717, 1.165) is 43.1 Å². The fraction of sp³-hybridized carbons (Fsp3) is 0.444. The molecule has 25 heavy (non-hydrogen) atoms. The Morgan fingerprint density at radius 1 is 1.28 bits per heavy atom. The van der Waals surface area contributed by atoms with Crippen molar-refractivity contribution in [2.75, 3.05) is 13.1 Å². The Morgan fingerprint density at radius 3 is 3.08 bits per heavy atom. The first kappa shape index (κ1) is 15.8. The van der Waals surface area contributed by atoms with Crippen LogP contribution in [0.1, 0.15) is 37.3 Å². The van der Waals surface area contributed by atoms with Gasteiger partial charge < -0.3 is 9.47 Å². The molecule has 0 aliphatic carbocycles. The zero-order valence-electron chi connectivity index (χ0n) is 14.4. The van der Waals surface area contributed by atoms with Gasteiger partial charge in [-0.1, -0.05) is 13.0 Å². The molecule has 0 N–H and O–H groups in total. The summed E-state index contributed by atoms with van der Waals surface area (Å²) < 4.78 is 3.97. The molecule has 3 aromatic rings. The molecule has 1 atom stereocenters. The highest BCUT2D eigenvalue weighted by Crippen LogP contribution is 2.26. The van der Waals surface area contributed by atoms with E-state index < -0.39 is 0 Å². The van der Waals surface area contributed by atoms with E-state index in [2.05, 4.69) is 22.1 Å². The van der Waals surface area contributed by atoms with E-state index in [1.165, 1.54) is 0 Å². The number of imidazole rings is 1. The molecule has 0 saturated carbocycles. The molecular formula is C18H22N6O. The molecule has 1 aliphatic rings. The van der Waals surface area contributed by atoms with E-state index >= 15 is 0 Å². The van der Waals surface area contributed by atoms with Gasteiger partial charge in [0.05, 0.1) is 0 Å². The lowest BCUT2D eigenvalue weighted by atomic mass is 9.97. The van der Waals surface area contributed by atoms with E-state index in [-0.39, 0.29) is 11.8 Å². The average molecular weight is 338 g/mol. The molecule has 7 heteroatoms. The molecule has 1 aliphatic heterocycles. The number of piperidine rings is 1. The quantitative estimate of drug-likeness (QED) is 0.728. The summed E-state index contributed by atoms with van der Waals surface area (Å²) in [6.45, 7) is 3.92. The summed E-state index contributed by atoms with van der Waals surface area (Å²) in [7, 11) is 0. The van der Waals surface area contributed by atoms with Crippen LogP contribution in [0.15, 0.2) is 36.8 Å². The molecule has 0 spiro atoms. The van der Waals surface area contributed by atoms with Gasteiger partial charge in [0.25, 0.3) is 0 Å². The topological polar surface area (TPSA) is 68.3 Å². The molecule has 4 rings (SSSR count). The fourth-order valence-electron chi connectivity index (χ4n) is 3.60. The number of hydrogen-bond acceptors (Lipinski definition) is 4. The minimum atomic E-state index is 0.145. The highest BCUT2D eigenvalue weighted by atomic mass is 16.2. The third-order valence-corrected chi connectivity index (χ3v) is 4.90. The van der Waals surface area contributed by atoms with Crippen LogP contribution < -0.4 is 0 Å². The zero-order valence-corrected chi connectivity index (χ0v) is 14.4. The Balaban J connectivity index is 1.50. The van der Waals surface area contributed by atoms with Crippen molar-refractivity contribution in [1.29, 1.82) is 0 Å². The highest BCUT2D eigenvalue weighted by Gasteiger charge is 2.28. The van der Waals surface area contributed by atoms with Crippen LogP contribution in [0.4, 0.5) is 0 Å². The van der Waals surface area contributed by atoms with E-state index in [0.29, 0.717) is 13.1 Å². The van der Waals surface area contributed by atoms with Crippen LogP contribution >= 0.6 is 0 Å². The van der Waals surface area contributed by atoms with Gasteiger partial charge in [-0.15, -0.1) is 10.2 Å². The minimum Gasteiger partial charge on any atom is -0.340 e. The molecule has 0 radical (unpaired) electrons. The van der Waals surface area contributed by atoms with Gasteiger partial charge in [-0.05, 0) is 25.0 Å². The highest BCUT2D eigenvalue weighted by molar-refractivity contribution is 5.76. The lowest BCUT2D eigenvalue weighted by Crippen LogP contribution is -2.41. The number of fused-ring (bicyclic) bond motifs is 1. The van der Waals surface area contributed by atoms with E-state index in [1.54, 1.807) is 6.20 Å². The van der Waals surface area contributed by atoms with Crippen LogP contribution in [-0.4, -0.2) is 48.0 Å². The van der Waals surface area contributed by atoms with E-state index in [9.17, 15) is 4.79 Å². The van der Waals surface area contributed by atoms with Crippen LogP contribution in [0.2, 0.25) is 0 Å². The second-order valence-electron chi connectivity index (χ2n) is 6.49. The first-order valence-corrected chi connectivity index (χ1v) is 8.83. The Morgan fingerprint density at radius 2 is 2.20 bits per heavy atom. The number of likely N-dealkylation sites (tertiary alicyclic amines) is 1. The number of rotatable bonds is 4. The molecule has 1 amide bonds. The Hall–Kier alpha value is -2.70. The number of aromatic nitrogens is 5. The maximum atomic E-state index is 12.7. The summed E-state index contributed by atoms with van der Waals surface area (Å²) >= 11 is 0. The summed E-state index contributed by atoms with van der Waals surface area (Å²) in [6, 6.07) is 5.89. The third kappa shape index (κ3) is 3.01. The molecule has 1 saturated heterocycles. The van der Waals surface area contributed by atoms with Gasteiger partial charge >= 0.3 is 0 Å². The number of amides is 1. The molecule has 1 fully saturated rings. The second-order valence-corrected chi connectivity index (χ2v) is 6.49. The van der Waals surface area contributed by atoms with Crippen LogP contribution in [0.3, 0.4) is 0 Å². The number of pyridine rings is 1. The van der Waals surface area contributed by atoms with Crippen molar-refractivity contribution in [3.05, 3.63) is 48.4 Å². The standard InChI is InChI=1S/C18H22N6O/c1-2-15-19-8-11-22(15)13-17(25)23-9-5-6-14(12-23)18-21-20-16-7-3-4-10-24(16)18/h3-4,7-8,10-11,14H,2,5-6,9,12-13H2,1H3/t14-/m1/s1. The van der Waals surface area contributed by atoms with Gasteiger partial charge in [-0.3, -0.25) is 9.20 Å². The monoisotopic (exact) mass is 338 g/mol. The molecule has 3 aromatic heterocycles. The number of carbonyl (C=O) groups is 1. The lowest BCUT2D eigenvalue weighted by Gasteiger charge is -2.32. The van der Waals surface area contributed by atoms with E-state index in [1.807, 2.05) is 44.5 Å². The molecule has 0 unspecified atom stereocenters. The zero-order chi connectivity index (χ0) is 17.2. The minimum absolute atomic E-state index is 0.145. The van der Waals surface area contributed by atoms with Crippen molar-refractivity contribution in [1.82, 2.24) is 29.0 Å². The normalized spacial score (nSPS) is 18.0. The molecular weight excluding hydrogens is 316 g/mol. The molecule has 0 bridgehead atoms. The smallest absolute Gasteiger partial charge is 0.242 e. The Bertz CT molecular complexity index is 882. The van der Waals surface area contributed by atoms with Gasteiger partial charge in [-0.25, -0.2) is 4.98 Å². The van der Waals surface area contributed by atoms with Crippen LogP contribution in [0.25, 0.3) is 5.65 Å². The Labute approximate surface area is 146 Å². The van der Waals surface area contributed by atoms with Gasteiger partial charge in [-0.2, -0.15) is 0 Å². The molecule has 4 heterocycles. The molecule has 130 valence electrons. The summed E-state index contributed by atoms with van der Waals surface area (Å²) in [5, 5.41) is 8.62. The molecule has 0 aromatic carbocycles. The van der Waals surface area contributed by atoms with Gasteiger partial charge in [0.2, 0.25) is 5.91 Å². The predicted octanol–water partition coefficient (Wildman–Crippen LogP) is 1.89. The number of hydrogen-bond donors (Lipinski definition) is 0. The largest absolute Gasteiger partial charge is 0.340 e. The summed E-state index contributed by atoms with van der Waals surface area (Å²) in [5.41, 5.74) is 0.854. The first-order valence-electron chi connectivity index (χ1n) is 8.83. The average Bonchev–Trinajstić information content (AvgIpc) is 3.28. The van der Waals surface area contributed by atoms with Crippen molar-refractivity contribution in [2.24, 2.45) is 0 Å². The third-order valence-electron chi connectivity index (χ3n) is 4.90. The lowest BCUT2D eigenvalue weighted by molar-refractivity contribution is -0.133. The number of nitrogens with zero attached hydrogens (tertiary/aromatic N) is 6. The summed E-state index contributed by atoms with van der Waals surface area (Å²) in [4.78, 5) is 19.0. The van der Waals surface area contributed by atoms with Crippen LogP contribution in [0, 0.1) is 0 Å². The number of aryl methyl sites for hydroxylation is 1. The van der Waals surface area contributed by atoms with Crippen molar-refractivity contribution in [3.8, 4) is 0 Å². The second kappa shape index (κ2) is 6.66. The van der Waals surface area contributed by atoms with Crippen molar-refractivity contribution >= 4 is 11.6 Å². The van der Waals surface area contributed by atoms with Crippen molar-refractivity contribution < 1.29 is 4.79 Å². The molecule has 7 nitrogen and oxygen atoms in total.